The molecule has 1 heterocycles. The van der Waals surface area contributed by atoms with Crippen molar-refractivity contribution < 1.29 is 13.9 Å². The number of hydrogen-bond donors (Lipinski definition) is 1. The molecule has 158 valence electrons. The molecule has 0 spiro atoms. The van der Waals surface area contributed by atoms with E-state index in [-0.39, 0.29) is 12.3 Å². The number of anilines is 1. The fourth-order valence-electron chi connectivity index (χ4n) is 3.18. The highest BCUT2D eigenvalue weighted by Gasteiger charge is 2.11. The van der Waals surface area contributed by atoms with E-state index in [1.807, 2.05) is 48.5 Å². The van der Waals surface area contributed by atoms with E-state index in [4.69, 9.17) is 20.8 Å². The van der Waals surface area contributed by atoms with E-state index < -0.39 is 0 Å². The number of carbonyl (C=O) groups is 1. The van der Waals surface area contributed by atoms with E-state index in [0.717, 1.165) is 29.7 Å². The molecule has 0 atom stereocenters. The Labute approximate surface area is 186 Å². The lowest BCUT2D eigenvalue weighted by atomic mass is 10.1. The second kappa shape index (κ2) is 9.67. The third-order valence-corrected chi connectivity index (χ3v) is 5.03. The summed E-state index contributed by atoms with van der Waals surface area (Å²) in [5, 5.41) is 3.54. The van der Waals surface area contributed by atoms with Crippen molar-refractivity contribution in [1.82, 2.24) is 4.98 Å². The Morgan fingerprint density at radius 2 is 1.94 bits per heavy atom. The van der Waals surface area contributed by atoms with Gasteiger partial charge in [-0.05, 0) is 60.5 Å². The summed E-state index contributed by atoms with van der Waals surface area (Å²) in [6.07, 6.45) is 2.40. The van der Waals surface area contributed by atoms with Gasteiger partial charge in [-0.3, -0.25) is 4.79 Å². The zero-order valence-electron chi connectivity index (χ0n) is 17.2. The van der Waals surface area contributed by atoms with Crippen LogP contribution in [0.2, 0.25) is 5.02 Å². The van der Waals surface area contributed by atoms with Gasteiger partial charge < -0.3 is 14.5 Å². The molecule has 0 bridgehead atoms. The molecule has 0 fully saturated rings. The van der Waals surface area contributed by atoms with E-state index in [9.17, 15) is 4.79 Å². The molecule has 6 heteroatoms. The molecule has 31 heavy (non-hydrogen) atoms. The van der Waals surface area contributed by atoms with E-state index in [2.05, 4.69) is 17.2 Å². The predicted octanol–water partition coefficient (Wildman–Crippen LogP) is 6.51. The number of hydrogen-bond acceptors (Lipinski definition) is 4. The number of ether oxygens (including phenoxy) is 1. The molecule has 5 nitrogen and oxygen atoms in total. The highest BCUT2D eigenvalue weighted by atomic mass is 35.5. The lowest BCUT2D eigenvalue weighted by Crippen LogP contribution is -2.14. The van der Waals surface area contributed by atoms with E-state index in [1.54, 1.807) is 18.2 Å². The van der Waals surface area contributed by atoms with Crippen molar-refractivity contribution in [1.29, 1.82) is 0 Å². The van der Waals surface area contributed by atoms with Gasteiger partial charge in [-0.25, -0.2) is 4.98 Å². The minimum atomic E-state index is -0.0962. The van der Waals surface area contributed by atoms with Crippen molar-refractivity contribution in [2.24, 2.45) is 0 Å². The fraction of sp³-hybridized carbons (Fsp3) is 0.200. The summed E-state index contributed by atoms with van der Waals surface area (Å²) < 4.78 is 11.5. The summed E-state index contributed by atoms with van der Waals surface area (Å²) in [5.41, 5.74) is 3.74. The summed E-state index contributed by atoms with van der Waals surface area (Å²) in [4.78, 5) is 17.0. The third kappa shape index (κ3) is 5.44. The van der Waals surface area contributed by atoms with Crippen LogP contribution >= 0.6 is 11.6 Å². The summed E-state index contributed by atoms with van der Waals surface area (Å²) in [6, 6.07) is 20.4. The fourth-order valence-corrected chi connectivity index (χ4v) is 3.35. The van der Waals surface area contributed by atoms with Crippen molar-refractivity contribution in [3.05, 3.63) is 77.3 Å². The average molecular weight is 435 g/mol. The average Bonchev–Trinajstić information content (AvgIpc) is 3.18. The number of aromatic nitrogens is 1. The topological polar surface area (TPSA) is 64.4 Å². The Bertz CT molecular complexity index is 1190. The van der Waals surface area contributed by atoms with Crippen LogP contribution in [-0.2, 0) is 11.2 Å². The number of unbranched alkanes of at least 4 members (excludes halogenated alkanes) is 1. The standard InChI is InChI=1S/C25H23ClN2O3/c1-2-3-13-30-21-10-7-17(8-11-21)14-24(29)27-20-6-4-5-18(15-20)25-28-22-16-19(26)9-12-23(22)31-25/h4-12,15-16H,2-3,13-14H2,1H3,(H,27,29). The van der Waals surface area contributed by atoms with E-state index in [1.165, 1.54) is 0 Å². The SMILES string of the molecule is CCCCOc1ccc(CC(=O)Nc2cccc(-c3nc4cc(Cl)ccc4o3)c2)cc1. The predicted molar refractivity (Wildman–Crippen MR) is 124 cm³/mol. The van der Waals surface area contributed by atoms with Crippen LogP contribution in [0.5, 0.6) is 5.75 Å². The van der Waals surface area contributed by atoms with Gasteiger partial charge in [0.1, 0.15) is 11.3 Å². The molecule has 1 aromatic heterocycles. The largest absolute Gasteiger partial charge is 0.494 e. The van der Waals surface area contributed by atoms with Crippen molar-refractivity contribution in [2.45, 2.75) is 26.2 Å². The van der Waals surface area contributed by atoms with Crippen LogP contribution in [0.1, 0.15) is 25.3 Å². The highest BCUT2D eigenvalue weighted by molar-refractivity contribution is 6.31. The quantitative estimate of drug-likeness (QED) is 0.321. The van der Waals surface area contributed by atoms with Crippen LogP contribution in [0.4, 0.5) is 5.69 Å². The van der Waals surface area contributed by atoms with Crippen LogP contribution in [0.3, 0.4) is 0 Å². The molecule has 1 N–H and O–H groups in total. The molecule has 0 radical (unpaired) electrons. The van der Waals surface area contributed by atoms with Gasteiger partial charge in [-0.15, -0.1) is 0 Å². The summed E-state index contributed by atoms with van der Waals surface area (Å²) >= 11 is 6.02. The first-order valence-corrected chi connectivity index (χ1v) is 10.7. The summed E-state index contributed by atoms with van der Waals surface area (Å²) in [7, 11) is 0. The Balaban J connectivity index is 1.40. The summed E-state index contributed by atoms with van der Waals surface area (Å²) in [5.74, 6) is 1.21. The maximum absolute atomic E-state index is 12.5. The number of nitrogens with one attached hydrogen (secondary N) is 1. The third-order valence-electron chi connectivity index (χ3n) is 4.80. The van der Waals surface area contributed by atoms with Gasteiger partial charge in [-0.1, -0.05) is 43.1 Å². The number of benzene rings is 3. The van der Waals surface area contributed by atoms with Gasteiger partial charge in [0.05, 0.1) is 13.0 Å². The van der Waals surface area contributed by atoms with Crippen LogP contribution in [0, 0.1) is 0 Å². The van der Waals surface area contributed by atoms with Gasteiger partial charge in [-0.2, -0.15) is 0 Å². The number of amides is 1. The Morgan fingerprint density at radius 3 is 2.74 bits per heavy atom. The van der Waals surface area contributed by atoms with Gasteiger partial charge >= 0.3 is 0 Å². The molecule has 3 aromatic carbocycles. The maximum atomic E-state index is 12.5. The molecule has 0 unspecified atom stereocenters. The van der Waals surface area contributed by atoms with Crippen molar-refractivity contribution >= 4 is 34.3 Å². The number of fused-ring (bicyclic) bond motifs is 1. The monoisotopic (exact) mass is 434 g/mol. The molecular formula is C25H23ClN2O3. The smallest absolute Gasteiger partial charge is 0.228 e. The molecule has 4 aromatic rings. The molecule has 0 aliphatic heterocycles. The summed E-state index contributed by atoms with van der Waals surface area (Å²) in [6.45, 7) is 2.84. The minimum Gasteiger partial charge on any atom is -0.494 e. The molecule has 4 rings (SSSR count). The first kappa shape index (κ1) is 20.9. The van der Waals surface area contributed by atoms with E-state index >= 15 is 0 Å². The zero-order chi connectivity index (χ0) is 21.6. The van der Waals surface area contributed by atoms with Crippen LogP contribution in [0.15, 0.2) is 71.1 Å². The Kier molecular flexibility index (Phi) is 6.53. The molecular weight excluding hydrogens is 412 g/mol. The normalized spacial score (nSPS) is 10.9. The van der Waals surface area contributed by atoms with Gasteiger partial charge in [0.2, 0.25) is 11.8 Å². The Morgan fingerprint density at radius 1 is 1.10 bits per heavy atom. The maximum Gasteiger partial charge on any atom is 0.228 e. The number of oxazole rings is 1. The van der Waals surface area contributed by atoms with Gasteiger partial charge in [0, 0.05) is 16.3 Å². The van der Waals surface area contributed by atoms with Crippen LogP contribution < -0.4 is 10.1 Å². The van der Waals surface area contributed by atoms with Crippen molar-refractivity contribution in [2.75, 3.05) is 11.9 Å². The molecule has 0 saturated carbocycles. The molecule has 1 amide bonds. The number of rotatable bonds is 8. The molecule has 0 aliphatic rings. The zero-order valence-corrected chi connectivity index (χ0v) is 18.0. The first-order valence-electron chi connectivity index (χ1n) is 10.3. The molecule has 0 aliphatic carbocycles. The van der Waals surface area contributed by atoms with E-state index in [0.29, 0.717) is 34.3 Å². The Hall–Kier alpha value is -3.31. The molecule has 0 saturated heterocycles. The second-order valence-corrected chi connectivity index (χ2v) is 7.72. The van der Waals surface area contributed by atoms with Gasteiger partial charge in [0.25, 0.3) is 0 Å². The number of carbonyl (C=O) groups excluding carboxylic acids is 1. The first-order chi connectivity index (χ1) is 15.1. The lowest BCUT2D eigenvalue weighted by molar-refractivity contribution is -0.115. The number of nitrogens with zero attached hydrogens (tertiary/aromatic N) is 1. The van der Waals surface area contributed by atoms with Crippen molar-refractivity contribution in [3.63, 3.8) is 0 Å². The second-order valence-electron chi connectivity index (χ2n) is 7.28. The van der Waals surface area contributed by atoms with Gasteiger partial charge in [0.15, 0.2) is 5.58 Å². The van der Waals surface area contributed by atoms with Crippen LogP contribution in [-0.4, -0.2) is 17.5 Å². The van der Waals surface area contributed by atoms with Crippen molar-refractivity contribution in [3.8, 4) is 17.2 Å². The minimum absolute atomic E-state index is 0.0962. The van der Waals surface area contributed by atoms with Crippen LogP contribution in [0.25, 0.3) is 22.6 Å². The number of halogens is 1. The highest BCUT2D eigenvalue weighted by Crippen LogP contribution is 2.27. The lowest BCUT2D eigenvalue weighted by Gasteiger charge is -2.08.